The second-order valence-corrected chi connectivity index (χ2v) is 7.10. The molecule has 0 aromatic heterocycles. The molecule has 1 nitrogen and oxygen atoms in total. The molecule has 1 saturated carbocycles. The minimum absolute atomic E-state index is 0.399. The van der Waals surface area contributed by atoms with E-state index in [4.69, 9.17) is 5.73 Å². The zero-order valence-corrected chi connectivity index (χ0v) is 13.1. The van der Waals surface area contributed by atoms with Crippen LogP contribution in [0.15, 0.2) is 18.2 Å². The fourth-order valence-electron chi connectivity index (χ4n) is 3.16. The number of aryl methyl sites for hydroxylation is 2. The summed E-state index contributed by atoms with van der Waals surface area (Å²) in [5.74, 6) is 2.99. The molecule has 2 rings (SSSR count). The van der Waals surface area contributed by atoms with E-state index in [1.165, 1.54) is 48.8 Å². The predicted molar refractivity (Wildman–Crippen MR) is 86.6 cm³/mol. The molecule has 1 aliphatic carbocycles. The van der Waals surface area contributed by atoms with Crippen LogP contribution >= 0.6 is 11.8 Å². The maximum atomic E-state index is 6.35. The van der Waals surface area contributed by atoms with Crippen LogP contribution < -0.4 is 5.73 Å². The van der Waals surface area contributed by atoms with Gasteiger partial charge in [-0.25, -0.2) is 0 Å². The van der Waals surface area contributed by atoms with Gasteiger partial charge in [0.25, 0.3) is 0 Å². The highest BCUT2D eigenvalue weighted by molar-refractivity contribution is 7.98. The van der Waals surface area contributed by atoms with Crippen molar-refractivity contribution in [2.24, 2.45) is 11.7 Å². The van der Waals surface area contributed by atoms with Crippen LogP contribution in [0.25, 0.3) is 0 Å². The molecule has 0 aliphatic heterocycles. The highest BCUT2D eigenvalue weighted by Crippen LogP contribution is 2.27. The Morgan fingerprint density at radius 3 is 2.37 bits per heavy atom. The lowest BCUT2D eigenvalue weighted by Crippen LogP contribution is -2.33. The van der Waals surface area contributed by atoms with E-state index in [0.29, 0.717) is 6.04 Å². The maximum Gasteiger partial charge on any atom is 0.0185 e. The number of thioether (sulfide) groups is 1. The second-order valence-electron chi connectivity index (χ2n) is 6.07. The molecule has 0 bridgehead atoms. The second kappa shape index (κ2) is 7.35. The molecule has 2 heteroatoms. The monoisotopic (exact) mass is 277 g/mol. The Kier molecular flexibility index (Phi) is 5.77. The molecule has 0 amide bonds. The molecular formula is C17H27NS. The zero-order valence-electron chi connectivity index (χ0n) is 12.3. The molecular weight excluding hydrogens is 250 g/mol. The van der Waals surface area contributed by atoms with Crippen LogP contribution in [0, 0.1) is 19.8 Å². The molecule has 0 spiro atoms. The third-order valence-corrected chi connectivity index (χ3v) is 5.27. The van der Waals surface area contributed by atoms with Crippen molar-refractivity contribution in [3.8, 4) is 0 Å². The Bertz CT molecular complexity index is 376. The van der Waals surface area contributed by atoms with Gasteiger partial charge in [-0.05, 0) is 38.2 Å². The Labute approximate surface area is 122 Å². The van der Waals surface area contributed by atoms with Gasteiger partial charge in [-0.2, -0.15) is 11.8 Å². The summed E-state index contributed by atoms with van der Waals surface area (Å²) in [4.78, 5) is 0. The van der Waals surface area contributed by atoms with E-state index < -0.39 is 0 Å². The maximum absolute atomic E-state index is 6.35. The van der Waals surface area contributed by atoms with Gasteiger partial charge in [0.15, 0.2) is 0 Å². The smallest absolute Gasteiger partial charge is 0.0185 e. The number of benzene rings is 1. The van der Waals surface area contributed by atoms with E-state index in [1.54, 1.807) is 0 Å². The van der Waals surface area contributed by atoms with Gasteiger partial charge in [-0.15, -0.1) is 0 Å². The first-order chi connectivity index (χ1) is 9.15. The summed E-state index contributed by atoms with van der Waals surface area (Å²) < 4.78 is 0. The van der Waals surface area contributed by atoms with E-state index in [-0.39, 0.29) is 0 Å². The largest absolute Gasteiger partial charge is 0.327 e. The highest BCUT2D eigenvalue weighted by Gasteiger charge is 2.20. The van der Waals surface area contributed by atoms with Crippen LogP contribution in [0.3, 0.4) is 0 Å². The summed E-state index contributed by atoms with van der Waals surface area (Å²) in [7, 11) is 0. The fraction of sp³-hybridized carbons (Fsp3) is 0.647. The summed E-state index contributed by atoms with van der Waals surface area (Å²) in [6, 6.07) is 7.23. The van der Waals surface area contributed by atoms with Crippen molar-refractivity contribution in [2.45, 2.75) is 57.7 Å². The van der Waals surface area contributed by atoms with E-state index in [2.05, 4.69) is 32.0 Å². The Morgan fingerprint density at radius 1 is 1.11 bits per heavy atom. The van der Waals surface area contributed by atoms with Crippen molar-refractivity contribution in [1.29, 1.82) is 0 Å². The van der Waals surface area contributed by atoms with Crippen molar-refractivity contribution >= 4 is 11.8 Å². The van der Waals surface area contributed by atoms with E-state index in [0.717, 1.165) is 17.4 Å². The summed E-state index contributed by atoms with van der Waals surface area (Å²) in [5.41, 5.74) is 10.5. The van der Waals surface area contributed by atoms with Crippen molar-refractivity contribution in [3.63, 3.8) is 0 Å². The van der Waals surface area contributed by atoms with E-state index in [9.17, 15) is 0 Å². The Morgan fingerprint density at radius 2 is 1.74 bits per heavy atom. The highest BCUT2D eigenvalue weighted by atomic mass is 32.2. The van der Waals surface area contributed by atoms with E-state index in [1.807, 2.05) is 11.8 Å². The van der Waals surface area contributed by atoms with Gasteiger partial charge in [-0.1, -0.05) is 48.6 Å². The minimum Gasteiger partial charge on any atom is -0.327 e. The first-order valence-electron chi connectivity index (χ1n) is 7.55. The topological polar surface area (TPSA) is 26.0 Å². The minimum atomic E-state index is 0.399. The first kappa shape index (κ1) is 14.9. The van der Waals surface area contributed by atoms with Crippen molar-refractivity contribution in [2.75, 3.05) is 5.75 Å². The van der Waals surface area contributed by atoms with Gasteiger partial charge in [0.2, 0.25) is 0 Å². The van der Waals surface area contributed by atoms with Gasteiger partial charge in [-0.3, -0.25) is 0 Å². The van der Waals surface area contributed by atoms with Crippen LogP contribution in [0.5, 0.6) is 0 Å². The van der Waals surface area contributed by atoms with Crippen LogP contribution in [-0.2, 0) is 5.75 Å². The number of hydrogen-bond acceptors (Lipinski definition) is 2. The molecule has 0 heterocycles. The van der Waals surface area contributed by atoms with Crippen molar-refractivity contribution in [1.82, 2.24) is 0 Å². The molecule has 106 valence electrons. The van der Waals surface area contributed by atoms with E-state index >= 15 is 0 Å². The van der Waals surface area contributed by atoms with Gasteiger partial charge < -0.3 is 5.73 Å². The third kappa shape index (κ3) is 4.85. The molecule has 19 heavy (non-hydrogen) atoms. The molecule has 1 unspecified atom stereocenters. The average Bonchev–Trinajstić information content (AvgIpc) is 2.38. The molecule has 0 saturated heterocycles. The molecule has 0 radical (unpaired) electrons. The Balaban J connectivity index is 1.76. The van der Waals surface area contributed by atoms with Crippen LogP contribution in [0.2, 0.25) is 0 Å². The Hall–Kier alpha value is -0.470. The standard InChI is InChI=1S/C17H27NS/c1-13-8-14(2)10-15(9-13)11-19-12-17(18)16-6-4-3-5-7-16/h8-10,16-17H,3-7,11-12,18H2,1-2H3. The normalized spacial score (nSPS) is 18.5. The van der Waals surface area contributed by atoms with Crippen LogP contribution in [0.1, 0.15) is 48.8 Å². The fourth-order valence-corrected chi connectivity index (χ4v) is 4.23. The lowest BCUT2D eigenvalue weighted by atomic mass is 9.85. The zero-order chi connectivity index (χ0) is 13.7. The molecule has 1 aliphatic rings. The average molecular weight is 277 g/mol. The number of rotatable bonds is 5. The number of nitrogens with two attached hydrogens (primary N) is 1. The summed E-state index contributed by atoms with van der Waals surface area (Å²) in [5, 5.41) is 0. The van der Waals surface area contributed by atoms with Crippen LogP contribution in [-0.4, -0.2) is 11.8 Å². The third-order valence-electron chi connectivity index (χ3n) is 4.12. The van der Waals surface area contributed by atoms with Crippen LogP contribution in [0.4, 0.5) is 0 Å². The van der Waals surface area contributed by atoms with Gasteiger partial charge >= 0.3 is 0 Å². The molecule has 1 atom stereocenters. The quantitative estimate of drug-likeness (QED) is 0.861. The summed E-state index contributed by atoms with van der Waals surface area (Å²) in [6.07, 6.45) is 6.90. The predicted octanol–water partition coefficient (Wildman–Crippen LogP) is 4.44. The molecule has 1 aromatic rings. The van der Waals surface area contributed by atoms with Crippen molar-refractivity contribution in [3.05, 3.63) is 34.9 Å². The molecule has 1 aromatic carbocycles. The van der Waals surface area contributed by atoms with Gasteiger partial charge in [0.1, 0.15) is 0 Å². The van der Waals surface area contributed by atoms with Gasteiger partial charge in [0, 0.05) is 17.5 Å². The lowest BCUT2D eigenvalue weighted by molar-refractivity contribution is 0.319. The first-order valence-corrected chi connectivity index (χ1v) is 8.71. The molecule has 2 N–H and O–H groups in total. The number of hydrogen-bond donors (Lipinski definition) is 1. The van der Waals surface area contributed by atoms with Gasteiger partial charge in [0.05, 0.1) is 0 Å². The lowest BCUT2D eigenvalue weighted by Gasteiger charge is -2.27. The van der Waals surface area contributed by atoms with Crippen molar-refractivity contribution < 1.29 is 0 Å². The SMILES string of the molecule is Cc1cc(C)cc(CSCC(N)C2CCCCC2)c1. The summed E-state index contributed by atoms with van der Waals surface area (Å²) in [6.45, 7) is 4.35. The molecule has 1 fully saturated rings. The summed E-state index contributed by atoms with van der Waals surface area (Å²) >= 11 is 2.00.